The molecule has 1 saturated carbocycles. The summed E-state index contributed by atoms with van der Waals surface area (Å²) >= 11 is 0. The second kappa shape index (κ2) is 7.45. The lowest BCUT2D eigenvalue weighted by molar-refractivity contribution is 0.547. The highest BCUT2D eigenvalue weighted by Crippen LogP contribution is 2.30. The first-order valence-electron chi connectivity index (χ1n) is 11.0. The predicted octanol–water partition coefficient (Wildman–Crippen LogP) is 6.15. The summed E-state index contributed by atoms with van der Waals surface area (Å²) < 4.78 is 26.4. The third kappa shape index (κ3) is 4.41. The van der Waals surface area contributed by atoms with E-state index in [0.717, 1.165) is 53.3 Å². The minimum atomic E-state index is -1.74. The fourth-order valence-electron chi connectivity index (χ4n) is 3.61. The van der Waals surface area contributed by atoms with Crippen LogP contribution < -0.4 is 5.19 Å². The minimum Gasteiger partial charge on any atom is -0.256 e. The van der Waals surface area contributed by atoms with Crippen LogP contribution in [0.25, 0.3) is 11.3 Å². The first kappa shape index (κ1) is 14.7. The van der Waals surface area contributed by atoms with Crippen molar-refractivity contribution in [3.63, 3.8) is 0 Å². The average molecular weight is 355 g/mol. The van der Waals surface area contributed by atoms with E-state index in [2.05, 4.69) is 19.6 Å². The number of nitrogens with zero attached hydrogens (tertiary/aromatic N) is 1. The van der Waals surface area contributed by atoms with Crippen LogP contribution in [-0.4, -0.2) is 13.1 Å². The second-order valence-corrected chi connectivity index (χ2v) is 13.6. The van der Waals surface area contributed by atoms with Crippen LogP contribution >= 0.6 is 0 Å². The molecule has 0 saturated heterocycles. The summed E-state index contributed by atoms with van der Waals surface area (Å²) in [6.45, 7) is 10.6. The standard InChI is InChI=1S/C23H33NSi/c1-17(2)19-11-8-12-20(14-19)22-15-21(13-18-9-6-7-10-18)23(16-24-22)25(3,4)5/h8,11-12,14-18H,6-7,9-10,13H2,1-5H3/i13D2,17D. The molecule has 0 unspecified atom stereocenters. The molecule has 1 aliphatic carbocycles. The number of pyridine rings is 1. The zero-order valence-electron chi connectivity index (χ0n) is 19.3. The Morgan fingerprint density at radius 1 is 1.20 bits per heavy atom. The molecule has 3 rings (SSSR count). The van der Waals surface area contributed by atoms with Gasteiger partial charge in [-0.1, -0.05) is 77.4 Å². The van der Waals surface area contributed by atoms with Gasteiger partial charge in [-0.05, 0) is 46.6 Å². The van der Waals surface area contributed by atoms with Crippen molar-refractivity contribution in [2.45, 2.75) is 71.4 Å². The van der Waals surface area contributed by atoms with E-state index in [0.29, 0.717) is 0 Å². The van der Waals surface area contributed by atoms with E-state index >= 15 is 0 Å². The van der Waals surface area contributed by atoms with Crippen molar-refractivity contribution in [3.05, 3.63) is 47.7 Å². The van der Waals surface area contributed by atoms with Gasteiger partial charge in [-0.15, -0.1) is 0 Å². The second-order valence-electron chi connectivity index (χ2n) is 8.57. The van der Waals surface area contributed by atoms with Gasteiger partial charge < -0.3 is 0 Å². The SMILES string of the molecule is [2H]C(C)(C)c1cccc(-c2cc(C([2H])([2H])C3CCCC3)c([Si](C)(C)C)cn2)c1. The van der Waals surface area contributed by atoms with Gasteiger partial charge in [0.05, 0.1) is 13.8 Å². The van der Waals surface area contributed by atoms with Crippen molar-refractivity contribution >= 4 is 13.3 Å². The summed E-state index contributed by atoms with van der Waals surface area (Å²) in [5.74, 6) is -0.577. The molecule has 2 aromatic rings. The summed E-state index contributed by atoms with van der Waals surface area (Å²) in [7, 11) is -1.74. The summed E-state index contributed by atoms with van der Waals surface area (Å²) in [6, 6.07) is 9.99. The van der Waals surface area contributed by atoms with Crippen molar-refractivity contribution in [1.82, 2.24) is 4.98 Å². The Bertz CT molecular complexity index is 844. The molecule has 0 amide bonds. The van der Waals surface area contributed by atoms with E-state index in [9.17, 15) is 0 Å². The highest BCUT2D eigenvalue weighted by atomic mass is 28.3. The van der Waals surface area contributed by atoms with Gasteiger partial charge in [-0.3, -0.25) is 4.98 Å². The lowest BCUT2D eigenvalue weighted by Crippen LogP contribution is -2.41. The molecule has 0 aliphatic heterocycles. The quantitative estimate of drug-likeness (QED) is 0.587. The molecule has 0 spiro atoms. The number of rotatable bonds is 5. The van der Waals surface area contributed by atoms with Crippen LogP contribution in [0.4, 0.5) is 0 Å². The van der Waals surface area contributed by atoms with E-state index in [-0.39, 0.29) is 5.92 Å². The Balaban J connectivity index is 2.13. The van der Waals surface area contributed by atoms with Crippen LogP contribution in [0.1, 0.15) is 60.7 Å². The molecule has 1 fully saturated rings. The number of benzene rings is 1. The summed E-state index contributed by atoms with van der Waals surface area (Å²) in [5, 5.41) is 1.13. The van der Waals surface area contributed by atoms with Crippen molar-refractivity contribution in [3.8, 4) is 11.3 Å². The maximum Gasteiger partial charge on any atom is 0.0799 e. The van der Waals surface area contributed by atoms with Crippen LogP contribution in [-0.2, 0) is 6.37 Å². The van der Waals surface area contributed by atoms with Crippen molar-refractivity contribution in [2.75, 3.05) is 0 Å². The predicted molar refractivity (Wildman–Crippen MR) is 112 cm³/mol. The van der Waals surface area contributed by atoms with Crippen LogP contribution in [0.3, 0.4) is 0 Å². The van der Waals surface area contributed by atoms with E-state index < -0.39 is 20.3 Å². The fraction of sp³-hybridized carbons (Fsp3) is 0.522. The van der Waals surface area contributed by atoms with Crippen LogP contribution in [0, 0.1) is 5.92 Å². The number of hydrogen-bond acceptors (Lipinski definition) is 1. The molecule has 1 aromatic carbocycles. The van der Waals surface area contributed by atoms with Gasteiger partial charge >= 0.3 is 0 Å². The summed E-state index contributed by atoms with van der Waals surface area (Å²) in [6.07, 6.45) is 4.81. The van der Waals surface area contributed by atoms with Gasteiger partial charge in [0.25, 0.3) is 0 Å². The van der Waals surface area contributed by atoms with Crippen molar-refractivity contribution in [1.29, 1.82) is 0 Å². The Labute approximate surface area is 159 Å². The zero-order valence-corrected chi connectivity index (χ0v) is 17.3. The van der Waals surface area contributed by atoms with Gasteiger partial charge in [0.2, 0.25) is 0 Å². The minimum absolute atomic E-state index is 0.0939. The Kier molecular flexibility index (Phi) is 4.39. The summed E-state index contributed by atoms with van der Waals surface area (Å²) in [4.78, 5) is 4.75. The van der Waals surface area contributed by atoms with Gasteiger partial charge in [0.1, 0.15) is 0 Å². The monoisotopic (exact) mass is 354 g/mol. The molecule has 25 heavy (non-hydrogen) atoms. The number of aromatic nitrogens is 1. The number of hydrogen-bond donors (Lipinski definition) is 0. The van der Waals surface area contributed by atoms with E-state index in [1.165, 1.54) is 0 Å². The molecule has 0 radical (unpaired) electrons. The fourth-order valence-corrected chi connectivity index (χ4v) is 5.01. The molecule has 1 aliphatic rings. The van der Waals surface area contributed by atoms with Crippen LogP contribution in [0.2, 0.25) is 19.6 Å². The van der Waals surface area contributed by atoms with E-state index in [1.54, 1.807) is 0 Å². The smallest absolute Gasteiger partial charge is 0.0799 e. The maximum absolute atomic E-state index is 9.02. The Hall–Kier alpha value is -1.41. The van der Waals surface area contributed by atoms with Crippen molar-refractivity contribution in [2.24, 2.45) is 5.92 Å². The molecule has 1 aromatic heterocycles. The molecular formula is C23H33NSi. The zero-order chi connectivity index (χ0) is 20.7. The Morgan fingerprint density at radius 3 is 2.56 bits per heavy atom. The van der Waals surface area contributed by atoms with Gasteiger partial charge in [0.15, 0.2) is 0 Å². The van der Waals surface area contributed by atoms with Gasteiger partial charge in [0, 0.05) is 15.9 Å². The van der Waals surface area contributed by atoms with Crippen LogP contribution in [0.5, 0.6) is 0 Å². The van der Waals surface area contributed by atoms with E-state index in [4.69, 9.17) is 9.10 Å². The largest absolute Gasteiger partial charge is 0.256 e. The molecule has 0 N–H and O–H groups in total. The van der Waals surface area contributed by atoms with Crippen molar-refractivity contribution < 1.29 is 4.11 Å². The lowest BCUT2D eigenvalue weighted by atomic mass is 9.96. The highest BCUT2D eigenvalue weighted by molar-refractivity contribution is 6.89. The Morgan fingerprint density at radius 2 is 1.92 bits per heavy atom. The van der Waals surface area contributed by atoms with Gasteiger partial charge in [-0.25, -0.2) is 0 Å². The average Bonchev–Trinajstić information content (AvgIpc) is 3.15. The molecule has 1 heterocycles. The molecule has 1 nitrogen and oxygen atoms in total. The molecule has 0 bridgehead atoms. The summed E-state index contributed by atoms with van der Waals surface area (Å²) in [5.41, 5.74) is 3.56. The first-order valence-corrected chi connectivity index (χ1v) is 13.0. The normalized spacial score (nSPS) is 18.7. The molecule has 134 valence electrons. The topological polar surface area (TPSA) is 12.9 Å². The van der Waals surface area contributed by atoms with Crippen LogP contribution in [0.15, 0.2) is 36.5 Å². The third-order valence-corrected chi connectivity index (χ3v) is 7.18. The molecule has 2 heteroatoms. The van der Waals surface area contributed by atoms with E-state index in [1.807, 2.05) is 50.4 Å². The third-order valence-electron chi connectivity index (χ3n) is 5.16. The maximum atomic E-state index is 9.02. The molecule has 0 atom stereocenters. The lowest BCUT2D eigenvalue weighted by Gasteiger charge is -2.23. The first-order chi connectivity index (χ1) is 12.9. The highest BCUT2D eigenvalue weighted by Gasteiger charge is 2.24. The molecular weight excluding hydrogens is 318 g/mol. The van der Waals surface area contributed by atoms with Gasteiger partial charge in [-0.2, -0.15) is 0 Å².